The van der Waals surface area contributed by atoms with Gasteiger partial charge in [-0.2, -0.15) is 0 Å². The summed E-state index contributed by atoms with van der Waals surface area (Å²) in [7, 11) is 0. The van der Waals surface area contributed by atoms with Crippen molar-refractivity contribution >= 4 is 70.6 Å². The molecule has 1 heterocycles. The van der Waals surface area contributed by atoms with Crippen molar-refractivity contribution in [1.82, 2.24) is 37.0 Å². The second-order valence-corrected chi connectivity index (χ2v) is 15.7. The van der Waals surface area contributed by atoms with Gasteiger partial charge >= 0.3 is 23.9 Å². The third kappa shape index (κ3) is 19.8. The molecular weight excluding hydrogens is 889 g/mol. The smallest absolute Gasteiger partial charge is 0.305 e. The first kappa shape index (κ1) is 56.5. The second kappa shape index (κ2) is 28.5. The average Bonchev–Trinajstić information content (AvgIpc) is 3.72. The maximum absolute atomic E-state index is 14.0. The molecule has 0 radical (unpaired) electrons. The van der Waals surface area contributed by atoms with Gasteiger partial charge in [0.2, 0.25) is 35.2 Å². The lowest BCUT2D eigenvalue weighted by Gasteiger charge is -2.30. The number of hydrazine groups is 1. The van der Waals surface area contributed by atoms with E-state index in [2.05, 4.69) is 21.4 Å². The quantitative estimate of drug-likeness (QED) is 0.0136. The SMILES string of the molecule is C[C@H](NCN)C(=O)CC(=O)[C@@H]1CCCN1N[C@@H](Cc1ccccc1)C(=O)N[C@@H](CC(=O)O)C(=O)N[C@@H](CC(=O)O)C(=O)C(=O)[C@H](CC(=O)O)NC(=O)[C@H](CC(=O)O)NC(=O)[C@@H](N)CCCCN. The Balaban J connectivity index is 2.39. The van der Waals surface area contributed by atoms with Gasteiger partial charge < -0.3 is 58.9 Å². The monoisotopic (exact) mass is 948 g/mol. The summed E-state index contributed by atoms with van der Waals surface area (Å²) in [4.78, 5) is 154. The van der Waals surface area contributed by atoms with Crippen LogP contribution in [0.4, 0.5) is 0 Å². The molecule has 0 aliphatic carbocycles. The number of unbranched alkanes of at least 4 members (excludes halogenated alkanes) is 1. The van der Waals surface area contributed by atoms with Crippen LogP contribution in [0.1, 0.15) is 76.7 Å². The number of benzene rings is 1. The van der Waals surface area contributed by atoms with Crippen molar-refractivity contribution in [3.05, 3.63) is 35.9 Å². The third-order valence-corrected chi connectivity index (χ3v) is 10.4. The van der Waals surface area contributed by atoms with Crippen molar-refractivity contribution in [3.63, 3.8) is 0 Å². The maximum Gasteiger partial charge on any atom is 0.305 e. The van der Waals surface area contributed by atoms with E-state index < -0.39 is 151 Å². The molecular formula is C41H60N10O16. The Morgan fingerprint density at radius 3 is 1.60 bits per heavy atom. The number of carbonyl (C=O) groups excluding carboxylic acids is 8. The van der Waals surface area contributed by atoms with Crippen molar-refractivity contribution in [3.8, 4) is 0 Å². The summed E-state index contributed by atoms with van der Waals surface area (Å²) in [5.74, 6) is -16.3. The van der Waals surface area contributed by atoms with Gasteiger partial charge in [0, 0.05) is 13.2 Å². The highest BCUT2D eigenvalue weighted by Gasteiger charge is 2.40. The van der Waals surface area contributed by atoms with E-state index in [4.69, 9.17) is 17.2 Å². The normalized spacial score (nSPS) is 16.7. The summed E-state index contributed by atoms with van der Waals surface area (Å²) in [5, 5.41) is 50.6. The Kier molecular flexibility index (Phi) is 24.0. The average molecular weight is 949 g/mol. The molecule has 4 amide bonds. The number of aliphatic carboxylic acids is 4. The van der Waals surface area contributed by atoms with Gasteiger partial charge in [-0.25, -0.2) is 10.4 Å². The molecule has 67 heavy (non-hydrogen) atoms. The molecule has 16 N–H and O–H groups in total. The minimum Gasteiger partial charge on any atom is -0.481 e. The first-order valence-corrected chi connectivity index (χ1v) is 21.3. The lowest BCUT2D eigenvalue weighted by atomic mass is 9.97. The zero-order chi connectivity index (χ0) is 50.4. The highest BCUT2D eigenvalue weighted by atomic mass is 16.4. The van der Waals surface area contributed by atoms with Crippen LogP contribution in [0.25, 0.3) is 0 Å². The van der Waals surface area contributed by atoms with Gasteiger partial charge in [-0.15, -0.1) is 0 Å². The summed E-state index contributed by atoms with van der Waals surface area (Å²) in [6.07, 6.45) is -3.78. The number of rotatable bonds is 33. The molecule has 26 nitrogen and oxygen atoms in total. The number of Topliss-reactive ketones (excluding diaryl/α,β-unsaturated/α-hetero) is 4. The van der Waals surface area contributed by atoms with Crippen molar-refractivity contribution < 1.29 is 78.0 Å². The highest BCUT2D eigenvalue weighted by Crippen LogP contribution is 2.19. The van der Waals surface area contributed by atoms with Crippen LogP contribution in [0.3, 0.4) is 0 Å². The standard InChI is InChI=1S/C41H60N10O16/c1-21(45-20-43)30(52)19-31(53)29-11-7-13-51(29)50-28(14-22-8-3-2-4-9-22)41(67)49-27(18-35(60)61)40(66)47-25(16-33(56)57)37(63)36(62)24(15-32(54)55)46-39(65)26(17-34(58)59)48-38(64)23(44)10-5-6-12-42/h2-4,8-9,21,23-29,45,50H,5-7,10-20,42-44H2,1H3,(H,46,65)(H,47,66)(H,48,64)(H,49,67)(H,54,55)(H,56,57)(H,58,59)(H,60,61)/t21-,23-,24-,25-,26-,27-,28-,29-/m0/s1. The molecule has 1 aliphatic rings. The van der Waals surface area contributed by atoms with E-state index >= 15 is 0 Å². The number of hydrogen-bond donors (Lipinski definition) is 13. The van der Waals surface area contributed by atoms with Crippen molar-refractivity contribution in [2.24, 2.45) is 17.2 Å². The van der Waals surface area contributed by atoms with Gasteiger partial charge in [0.15, 0.2) is 11.6 Å². The number of nitrogens with two attached hydrogens (primary N) is 3. The Bertz CT molecular complexity index is 1970. The van der Waals surface area contributed by atoms with Crippen molar-refractivity contribution in [2.75, 3.05) is 19.8 Å². The van der Waals surface area contributed by atoms with Crippen LogP contribution in [0.15, 0.2) is 30.3 Å². The fraction of sp³-hybridized carbons (Fsp3) is 0.561. The van der Waals surface area contributed by atoms with Gasteiger partial charge in [-0.05, 0) is 51.1 Å². The Morgan fingerprint density at radius 1 is 0.657 bits per heavy atom. The molecule has 2 rings (SSSR count). The molecule has 26 heteroatoms. The predicted molar refractivity (Wildman–Crippen MR) is 231 cm³/mol. The van der Waals surface area contributed by atoms with Crippen LogP contribution in [-0.2, 0) is 64.0 Å². The third-order valence-electron chi connectivity index (χ3n) is 10.4. The molecule has 1 aromatic carbocycles. The number of hydrogen-bond acceptors (Lipinski definition) is 18. The number of carbonyl (C=O) groups is 12. The Hall–Kier alpha value is -6.58. The number of nitrogens with zero attached hydrogens (tertiary/aromatic N) is 1. The van der Waals surface area contributed by atoms with Crippen LogP contribution < -0.4 is 49.2 Å². The number of ketones is 4. The summed E-state index contributed by atoms with van der Waals surface area (Å²) < 4.78 is 0. The molecule has 0 bridgehead atoms. The molecule has 370 valence electrons. The molecule has 1 fully saturated rings. The van der Waals surface area contributed by atoms with E-state index in [1.807, 2.05) is 10.6 Å². The van der Waals surface area contributed by atoms with E-state index in [9.17, 15) is 78.0 Å². The number of carboxylic acids is 4. The lowest BCUT2D eigenvalue weighted by molar-refractivity contribution is -0.147. The summed E-state index contributed by atoms with van der Waals surface area (Å²) >= 11 is 0. The summed E-state index contributed by atoms with van der Waals surface area (Å²) in [6.45, 7) is 2.05. The molecule has 1 aliphatic heterocycles. The first-order chi connectivity index (χ1) is 31.6. The van der Waals surface area contributed by atoms with Crippen LogP contribution >= 0.6 is 0 Å². The molecule has 0 spiro atoms. The summed E-state index contributed by atoms with van der Waals surface area (Å²) in [5.41, 5.74) is 20.2. The topological polar surface area (TPSA) is 439 Å². The maximum atomic E-state index is 14.0. The fourth-order valence-corrected chi connectivity index (χ4v) is 6.85. The second-order valence-electron chi connectivity index (χ2n) is 15.7. The molecule has 0 unspecified atom stereocenters. The van der Waals surface area contributed by atoms with Gasteiger partial charge in [0.1, 0.15) is 30.2 Å². The van der Waals surface area contributed by atoms with Gasteiger partial charge in [-0.1, -0.05) is 36.8 Å². The van der Waals surface area contributed by atoms with E-state index in [0.717, 1.165) is 0 Å². The molecule has 8 atom stereocenters. The molecule has 0 aromatic heterocycles. The zero-order valence-electron chi connectivity index (χ0n) is 36.8. The lowest BCUT2D eigenvalue weighted by Crippen LogP contribution is -2.60. The van der Waals surface area contributed by atoms with E-state index in [0.29, 0.717) is 31.2 Å². The zero-order valence-corrected chi connectivity index (χ0v) is 36.8. The number of amides is 4. The van der Waals surface area contributed by atoms with Gasteiger partial charge in [-0.3, -0.25) is 62.9 Å². The van der Waals surface area contributed by atoms with Gasteiger partial charge in [0.05, 0.1) is 50.2 Å². The van der Waals surface area contributed by atoms with Crippen molar-refractivity contribution in [2.45, 2.75) is 126 Å². The van der Waals surface area contributed by atoms with Crippen LogP contribution in [-0.4, -0.2) is 164 Å². The molecule has 1 aromatic rings. The van der Waals surface area contributed by atoms with Crippen molar-refractivity contribution in [1.29, 1.82) is 0 Å². The number of carboxylic acid groups (broad SMARTS) is 4. The van der Waals surface area contributed by atoms with Crippen LogP contribution in [0, 0.1) is 0 Å². The largest absolute Gasteiger partial charge is 0.481 e. The van der Waals surface area contributed by atoms with Crippen LogP contribution in [0.5, 0.6) is 0 Å². The van der Waals surface area contributed by atoms with E-state index in [1.54, 1.807) is 37.3 Å². The van der Waals surface area contributed by atoms with E-state index in [-0.39, 0.29) is 32.6 Å². The Morgan fingerprint density at radius 2 is 1.12 bits per heavy atom. The predicted octanol–water partition coefficient (Wildman–Crippen LogP) is -4.58. The van der Waals surface area contributed by atoms with E-state index in [1.165, 1.54) is 5.01 Å². The minimum atomic E-state index is -2.36. The van der Waals surface area contributed by atoms with Crippen LogP contribution in [0.2, 0.25) is 0 Å². The fourth-order valence-electron chi connectivity index (χ4n) is 6.85. The highest BCUT2D eigenvalue weighted by molar-refractivity contribution is 6.42. The number of nitrogens with one attached hydrogen (secondary N) is 6. The van der Waals surface area contributed by atoms with Gasteiger partial charge in [0.25, 0.3) is 0 Å². The minimum absolute atomic E-state index is 0.00840. The first-order valence-electron chi connectivity index (χ1n) is 21.3. The molecule has 1 saturated heterocycles. The summed E-state index contributed by atoms with van der Waals surface area (Å²) in [6, 6.07) is -4.53. The Labute approximate surface area is 383 Å². The molecule has 0 saturated carbocycles.